The van der Waals surface area contributed by atoms with Crippen molar-refractivity contribution in [3.63, 3.8) is 0 Å². The van der Waals surface area contributed by atoms with Crippen LogP contribution in [0.1, 0.15) is 125 Å². The maximum Gasteiger partial charge on any atom is 0.251 e. The van der Waals surface area contributed by atoms with Crippen LogP contribution in [0.3, 0.4) is 0 Å². The van der Waals surface area contributed by atoms with Crippen LogP contribution in [0.5, 0.6) is 0 Å². The number of rotatable bonds is 15. The average molecular weight is 894 g/mol. The van der Waals surface area contributed by atoms with E-state index in [1.54, 1.807) is 12.1 Å². The number of aliphatic hydroxyl groups is 1. The van der Waals surface area contributed by atoms with E-state index in [1.807, 2.05) is 39.8 Å². The Morgan fingerprint density at radius 3 is 1.82 bits per heavy atom. The predicted molar refractivity (Wildman–Crippen MR) is 242 cm³/mol. The summed E-state index contributed by atoms with van der Waals surface area (Å²) in [6, 6.07) is 7.51. The van der Waals surface area contributed by atoms with Gasteiger partial charge in [-0.15, -0.1) is 0 Å². The van der Waals surface area contributed by atoms with E-state index in [2.05, 4.69) is 87.3 Å². The molecule has 0 aromatic heterocycles. The van der Waals surface area contributed by atoms with Crippen LogP contribution >= 0.6 is 0 Å². The van der Waals surface area contributed by atoms with Gasteiger partial charge in [0.1, 0.15) is 18.2 Å². The van der Waals surface area contributed by atoms with Gasteiger partial charge in [-0.25, -0.2) is 4.39 Å². The Morgan fingerprint density at radius 1 is 0.677 bits per heavy atom. The molecule has 1 amide bonds. The molecule has 4 aliphatic rings. The Balaban J connectivity index is 1.44. The molecule has 1 aromatic carbocycles. The first kappa shape index (κ1) is 51.5. The first-order valence-corrected chi connectivity index (χ1v) is 27.6. The summed E-state index contributed by atoms with van der Waals surface area (Å²) >= 11 is 0. The second kappa shape index (κ2) is 21.4. The van der Waals surface area contributed by atoms with Gasteiger partial charge in [-0.05, 0) is 73.1 Å². The summed E-state index contributed by atoms with van der Waals surface area (Å²) in [5.74, 6) is -0.945. The first-order chi connectivity index (χ1) is 29.0. The maximum absolute atomic E-state index is 16.1. The molecule has 4 fully saturated rings. The lowest BCUT2D eigenvalue weighted by atomic mass is 9.82. The quantitative estimate of drug-likeness (QED) is 0.165. The molecule has 20 atom stereocenters. The topological polar surface area (TPSA) is 123 Å². The highest BCUT2D eigenvalue weighted by Gasteiger charge is 2.54. The Bertz CT molecular complexity index is 1560. The monoisotopic (exact) mass is 894 g/mol. The minimum atomic E-state index is -1.46. The summed E-state index contributed by atoms with van der Waals surface area (Å²) in [6.45, 7) is 34.5. The molecule has 0 bridgehead atoms. The van der Waals surface area contributed by atoms with Gasteiger partial charge < -0.3 is 48.3 Å². The molecule has 0 aliphatic carbocycles. The summed E-state index contributed by atoms with van der Waals surface area (Å²) in [5, 5.41) is 15.1. The van der Waals surface area contributed by atoms with Crippen LogP contribution in [0.25, 0.3) is 0 Å². The van der Waals surface area contributed by atoms with E-state index < -0.39 is 69.5 Å². The Hall–Kier alpha value is -1.52. The van der Waals surface area contributed by atoms with Crippen LogP contribution in [-0.2, 0) is 43.3 Å². The zero-order chi connectivity index (χ0) is 46.0. The van der Waals surface area contributed by atoms with Crippen molar-refractivity contribution in [3.05, 3.63) is 35.4 Å². The lowest BCUT2D eigenvalue weighted by Gasteiger charge is -2.51. The van der Waals surface area contributed by atoms with Crippen LogP contribution in [0.2, 0.25) is 25.7 Å². The van der Waals surface area contributed by atoms with Crippen molar-refractivity contribution >= 4 is 14.0 Å². The number of nitrogens with one attached hydrogen (secondary N) is 1. The zero-order valence-electron chi connectivity index (χ0n) is 40.9. The highest BCUT2D eigenvalue weighted by molar-refractivity contribution is 6.76. The fourth-order valence-electron chi connectivity index (χ4n) is 9.60. The number of amides is 1. The number of hydrogen-bond donors (Lipinski definition) is 2. The summed E-state index contributed by atoms with van der Waals surface area (Å²) in [4.78, 5) is 14.2. The lowest BCUT2D eigenvalue weighted by molar-refractivity contribution is -0.356. The minimum absolute atomic E-state index is 0.0396. The molecule has 0 radical (unpaired) electrons. The van der Waals surface area contributed by atoms with Gasteiger partial charge in [-0.1, -0.05) is 115 Å². The largest absolute Gasteiger partial charge is 0.388 e. The van der Waals surface area contributed by atoms with E-state index in [9.17, 15) is 9.90 Å². The molecule has 4 saturated heterocycles. The van der Waals surface area contributed by atoms with Gasteiger partial charge in [0.05, 0.1) is 36.6 Å². The summed E-state index contributed by atoms with van der Waals surface area (Å²) < 4.78 is 69.4. The van der Waals surface area contributed by atoms with E-state index in [1.165, 1.54) is 0 Å². The molecule has 62 heavy (non-hydrogen) atoms. The molecule has 13 unspecified atom stereocenters. The number of halogens is 1. The van der Waals surface area contributed by atoms with E-state index in [4.69, 9.17) is 37.9 Å². The molecule has 1 aromatic rings. The van der Waals surface area contributed by atoms with Gasteiger partial charge in [0.2, 0.25) is 0 Å². The number of carbonyl (C=O) groups is 1. The number of hydrogen-bond acceptors (Lipinski definition) is 10. The normalized spacial score (nSPS) is 42.1. The summed E-state index contributed by atoms with van der Waals surface area (Å²) in [6.07, 6.45) is -7.30. The summed E-state index contributed by atoms with van der Waals surface area (Å²) in [7, 11) is -1.27. The molecule has 0 saturated carbocycles. The molecule has 2 N–H and O–H groups in total. The SMILES string of the molecule is CCC1OC(O[C@@H]2C(CC)O[C@@H](OCC[Si](C)(C)C)C(C)C2C)C(C)C(O[C@@H]2OC(CC)[C@@H](O)C(O[C@@H]3OC(C)[C@@H](C)C(C)C3F)C2NC(=O)c2ccc(C(C)(C)C)cc2)[C@H]1C. The third-order valence-corrected chi connectivity index (χ3v) is 16.4. The van der Waals surface area contributed by atoms with E-state index >= 15 is 4.39 Å². The van der Waals surface area contributed by atoms with E-state index in [-0.39, 0.29) is 71.6 Å². The van der Waals surface area contributed by atoms with Crippen LogP contribution in [0, 0.1) is 35.5 Å². The van der Waals surface area contributed by atoms with E-state index in [0.717, 1.165) is 24.4 Å². The standard InChI is InChI=1S/C49H84FNO10Si/c1-17-35-30(8)41(31(9)46(56-35)60-42-28(6)29(7)45(58-37(42)19-3)54-24-25-62(14,15)16)59-48-39(51-44(53)33-20-22-34(23-21-33)49(11,12)13)43(40(52)36(18-2)57-48)61-47-38(50)27(5)26(4)32(10)55-47/h20-23,26-32,35-43,45-48,52H,17-19,24-25H2,1-16H3,(H,51,53)/t26-,27?,28?,29?,30-,31?,32?,35?,36?,37?,38?,39?,40+,41?,42-,43?,45+,46?,47-,48-/m0/s1. The molecule has 0 spiro atoms. The fourth-order valence-corrected chi connectivity index (χ4v) is 10.3. The summed E-state index contributed by atoms with van der Waals surface area (Å²) in [5.41, 5.74) is 1.41. The maximum atomic E-state index is 16.1. The van der Waals surface area contributed by atoms with Gasteiger partial charge in [-0.3, -0.25) is 4.79 Å². The average Bonchev–Trinajstić information content (AvgIpc) is 3.22. The molecule has 13 heteroatoms. The molecular weight excluding hydrogens is 810 g/mol. The van der Waals surface area contributed by atoms with Gasteiger partial charge in [0.15, 0.2) is 31.3 Å². The highest BCUT2D eigenvalue weighted by atomic mass is 28.3. The van der Waals surface area contributed by atoms with E-state index in [0.29, 0.717) is 18.6 Å². The van der Waals surface area contributed by atoms with Crippen LogP contribution < -0.4 is 5.32 Å². The number of carbonyl (C=O) groups excluding carboxylic acids is 1. The third-order valence-electron chi connectivity index (χ3n) is 14.7. The lowest BCUT2D eigenvalue weighted by Crippen LogP contribution is -2.67. The Kier molecular flexibility index (Phi) is 17.8. The molecule has 356 valence electrons. The van der Waals surface area contributed by atoms with Crippen molar-refractivity contribution in [3.8, 4) is 0 Å². The zero-order valence-corrected chi connectivity index (χ0v) is 41.9. The van der Waals surface area contributed by atoms with Crippen LogP contribution in [-0.4, -0.2) is 112 Å². The van der Waals surface area contributed by atoms with Crippen molar-refractivity contribution in [2.24, 2.45) is 35.5 Å². The van der Waals surface area contributed by atoms with Gasteiger partial charge in [-0.2, -0.15) is 0 Å². The molecular formula is C49H84FNO10Si. The number of alkyl halides is 1. The highest BCUT2D eigenvalue weighted by Crippen LogP contribution is 2.42. The van der Waals surface area contributed by atoms with Crippen molar-refractivity contribution in [2.45, 2.75) is 227 Å². The number of aliphatic hydroxyl groups excluding tert-OH is 1. The number of benzene rings is 1. The smallest absolute Gasteiger partial charge is 0.251 e. The molecule has 4 aliphatic heterocycles. The molecule has 5 rings (SSSR count). The third kappa shape index (κ3) is 11.9. The second-order valence-electron chi connectivity index (χ2n) is 21.5. The fraction of sp³-hybridized carbons (Fsp3) is 0.857. The van der Waals surface area contributed by atoms with Crippen molar-refractivity contribution < 1.29 is 52.2 Å². The molecule has 11 nitrogen and oxygen atoms in total. The first-order valence-electron chi connectivity index (χ1n) is 23.9. The van der Waals surface area contributed by atoms with Crippen molar-refractivity contribution in [2.75, 3.05) is 6.61 Å². The van der Waals surface area contributed by atoms with Crippen molar-refractivity contribution in [1.82, 2.24) is 5.32 Å². The Morgan fingerprint density at radius 2 is 1.24 bits per heavy atom. The molecule has 4 heterocycles. The van der Waals surface area contributed by atoms with Gasteiger partial charge >= 0.3 is 0 Å². The number of ether oxygens (including phenoxy) is 8. The van der Waals surface area contributed by atoms with Gasteiger partial charge in [0, 0.05) is 38.0 Å². The second-order valence-corrected chi connectivity index (χ2v) is 27.1. The van der Waals surface area contributed by atoms with Gasteiger partial charge in [0.25, 0.3) is 5.91 Å². The van der Waals surface area contributed by atoms with Crippen LogP contribution in [0.15, 0.2) is 24.3 Å². The van der Waals surface area contributed by atoms with Crippen LogP contribution in [0.4, 0.5) is 4.39 Å². The Labute approximate surface area is 374 Å². The predicted octanol–water partition coefficient (Wildman–Crippen LogP) is 9.26. The van der Waals surface area contributed by atoms with Crippen molar-refractivity contribution in [1.29, 1.82) is 0 Å². The minimum Gasteiger partial charge on any atom is -0.388 e.